The second kappa shape index (κ2) is 8.31. The van der Waals surface area contributed by atoms with E-state index in [0.717, 1.165) is 22.3 Å². The molecule has 1 heterocycles. The van der Waals surface area contributed by atoms with Crippen molar-refractivity contribution in [1.29, 1.82) is 0 Å². The Hall–Kier alpha value is -3.13. The molecule has 0 saturated heterocycles. The molecular weight excluding hydrogens is 450 g/mol. The van der Waals surface area contributed by atoms with Gasteiger partial charge in [-0.1, -0.05) is 48.5 Å². The molecule has 1 aliphatic carbocycles. The van der Waals surface area contributed by atoms with Gasteiger partial charge in [0.15, 0.2) is 0 Å². The molecular formula is C22H20BrN3O4. The fourth-order valence-corrected chi connectivity index (χ4v) is 4.36. The van der Waals surface area contributed by atoms with Crippen molar-refractivity contribution in [3.05, 3.63) is 76.3 Å². The summed E-state index contributed by atoms with van der Waals surface area (Å²) in [4.78, 5) is 28.1. The van der Waals surface area contributed by atoms with Crippen molar-refractivity contribution in [2.45, 2.75) is 18.4 Å². The molecule has 1 aliphatic rings. The van der Waals surface area contributed by atoms with Crippen LogP contribution in [0.5, 0.6) is 0 Å². The van der Waals surface area contributed by atoms with Gasteiger partial charge in [0.1, 0.15) is 17.3 Å². The van der Waals surface area contributed by atoms with Crippen LogP contribution < -0.4 is 5.32 Å². The number of benzene rings is 2. The van der Waals surface area contributed by atoms with Gasteiger partial charge in [-0.2, -0.15) is 0 Å². The molecule has 2 aromatic carbocycles. The van der Waals surface area contributed by atoms with Crippen LogP contribution in [0.15, 0.2) is 59.5 Å². The number of halogens is 1. The van der Waals surface area contributed by atoms with Gasteiger partial charge in [-0.15, -0.1) is 0 Å². The van der Waals surface area contributed by atoms with E-state index in [9.17, 15) is 14.7 Å². The molecule has 0 fully saturated rings. The molecule has 154 valence electrons. The summed E-state index contributed by atoms with van der Waals surface area (Å²) in [5, 5.41) is 12.0. The topological polar surface area (TPSA) is 93.5 Å². The molecule has 1 amide bonds. The number of aliphatic carboxylic acids is 1. The van der Waals surface area contributed by atoms with Gasteiger partial charge in [-0.25, -0.2) is 14.6 Å². The molecule has 1 unspecified atom stereocenters. The smallest absolute Gasteiger partial charge is 0.407 e. The minimum atomic E-state index is -1.14. The molecule has 7 nitrogen and oxygen atoms in total. The van der Waals surface area contributed by atoms with Crippen LogP contribution in [0.4, 0.5) is 4.79 Å². The highest BCUT2D eigenvalue weighted by molar-refractivity contribution is 9.10. The fraction of sp³-hybridized carbons (Fsp3) is 0.227. The normalized spacial score (nSPS) is 13.4. The molecule has 0 bridgehead atoms. The third kappa shape index (κ3) is 3.82. The van der Waals surface area contributed by atoms with E-state index in [4.69, 9.17) is 4.74 Å². The Morgan fingerprint density at radius 1 is 1.17 bits per heavy atom. The lowest BCUT2D eigenvalue weighted by Gasteiger charge is -2.17. The van der Waals surface area contributed by atoms with Crippen molar-refractivity contribution in [2.75, 3.05) is 6.61 Å². The Bertz CT molecular complexity index is 1050. The summed E-state index contributed by atoms with van der Waals surface area (Å²) in [5.41, 5.74) is 5.12. The summed E-state index contributed by atoms with van der Waals surface area (Å²) in [6, 6.07) is 14.9. The number of hydrogen-bond donors (Lipinski definition) is 2. The fourth-order valence-electron chi connectivity index (χ4n) is 3.83. The summed E-state index contributed by atoms with van der Waals surface area (Å²) in [6.45, 7) is 0.127. The van der Waals surface area contributed by atoms with Crippen LogP contribution in [-0.2, 0) is 23.0 Å². The molecule has 1 aromatic heterocycles. The first-order valence-electron chi connectivity index (χ1n) is 9.45. The molecule has 2 N–H and O–H groups in total. The summed E-state index contributed by atoms with van der Waals surface area (Å²) in [7, 11) is 1.76. The second-order valence-electron chi connectivity index (χ2n) is 7.16. The van der Waals surface area contributed by atoms with E-state index in [1.807, 2.05) is 36.4 Å². The van der Waals surface area contributed by atoms with Crippen LogP contribution in [0.1, 0.15) is 22.7 Å². The molecule has 0 spiro atoms. The number of imidazole rings is 1. The van der Waals surface area contributed by atoms with Crippen molar-refractivity contribution in [3.63, 3.8) is 0 Å². The zero-order chi connectivity index (χ0) is 21.3. The number of nitrogens with zero attached hydrogens (tertiary/aromatic N) is 2. The first kappa shape index (κ1) is 20.2. The lowest BCUT2D eigenvalue weighted by Crippen LogP contribution is -2.43. The van der Waals surface area contributed by atoms with Crippen LogP contribution in [0.2, 0.25) is 0 Å². The SMILES string of the molecule is Cn1cnc(Br)c1CC(NC(=O)OCC1c2ccccc2-c2ccccc21)C(=O)O. The average Bonchev–Trinajstić information content (AvgIpc) is 3.23. The van der Waals surface area contributed by atoms with Gasteiger partial charge in [0.25, 0.3) is 0 Å². The van der Waals surface area contributed by atoms with E-state index in [2.05, 4.69) is 38.4 Å². The van der Waals surface area contributed by atoms with E-state index in [-0.39, 0.29) is 18.9 Å². The standard InChI is InChI=1S/C22H20BrN3O4/c1-26-12-24-20(23)19(26)10-18(21(27)28)25-22(29)30-11-17-15-8-4-2-6-13(15)14-7-3-5-9-16(14)17/h2-9,12,17-18H,10-11H2,1H3,(H,25,29)(H,27,28). The second-order valence-corrected chi connectivity index (χ2v) is 7.91. The molecule has 30 heavy (non-hydrogen) atoms. The predicted molar refractivity (Wildman–Crippen MR) is 114 cm³/mol. The third-order valence-corrected chi connectivity index (χ3v) is 6.00. The number of amides is 1. The van der Waals surface area contributed by atoms with Crippen molar-refractivity contribution >= 4 is 28.0 Å². The molecule has 0 saturated carbocycles. The van der Waals surface area contributed by atoms with Crippen molar-refractivity contribution in [1.82, 2.24) is 14.9 Å². The highest BCUT2D eigenvalue weighted by Crippen LogP contribution is 2.44. The average molecular weight is 470 g/mol. The first-order valence-corrected chi connectivity index (χ1v) is 10.2. The van der Waals surface area contributed by atoms with E-state index >= 15 is 0 Å². The van der Waals surface area contributed by atoms with Gasteiger partial charge in [0, 0.05) is 19.4 Å². The van der Waals surface area contributed by atoms with Crippen LogP contribution in [0.25, 0.3) is 11.1 Å². The molecule has 0 radical (unpaired) electrons. The zero-order valence-electron chi connectivity index (χ0n) is 16.2. The maximum atomic E-state index is 12.4. The highest BCUT2D eigenvalue weighted by Gasteiger charge is 2.30. The molecule has 3 aromatic rings. The van der Waals surface area contributed by atoms with Crippen molar-refractivity contribution in [2.24, 2.45) is 7.05 Å². The molecule has 4 rings (SSSR count). The predicted octanol–water partition coefficient (Wildman–Crippen LogP) is 3.72. The van der Waals surface area contributed by atoms with Crippen LogP contribution >= 0.6 is 15.9 Å². The summed E-state index contributed by atoms with van der Waals surface area (Å²) in [5.74, 6) is -1.23. The number of aromatic nitrogens is 2. The maximum absolute atomic E-state index is 12.4. The number of hydrogen-bond acceptors (Lipinski definition) is 4. The Morgan fingerprint density at radius 2 is 1.77 bits per heavy atom. The van der Waals surface area contributed by atoms with E-state index in [1.54, 1.807) is 17.9 Å². The van der Waals surface area contributed by atoms with Gasteiger partial charge in [0.05, 0.1) is 12.0 Å². The monoisotopic (exact) mass is 469 g/mol. The quantitative estimate of drug-likeness (QED) is 0.573. The summed E-state index contributed by atoms with van der Waals surface area (Å²) < 4.78 is 7.71. The van der Waals surface area contributed by atoms with Crippen LogP contribution in [-0.4, -0.2) is 39.4 Å². The van der Waals surface area contributed by atoms with Crippen molar-refractivity contribution in [3.8, 4) is 11.1 Å². The van der Waals surface area contributed by atoms with Gasteiger partial charge in [-0.05, 0) is 38.2 Å². The summed E-state index contributed by atoms with van der Waals surface area (Å²) >= 11 is 3.30. The molecule has 0 aliphatic heterocycles. The Balaban J connectivity index is 1.45. The number of carboxylic acid groups (broad SMARTS) is 1. The summed E-state index contributed by atoms with van der Waals surface area (Å²) in [6.07, 6.45) is 0.893. The maximum Gasteiger partial charge on any atom is 0.407 e. The van der Waals surface area contributed by atoms with Crippen LogP contribution in [0.3, 0.4) is 0 Å². The number of carbonyl (C=O) groups excluding carboxylic acids is 1. The Morgan fingerprint density at radius 3 is 2.30 bits per heavy atom. The minimum Gasteiger partial charge on any atom is -0.480 e. The Kier molecular flexibility index (Phi) is 5.59. The number of nitrogens with one attached hydrogen (secondary N) is 1. The van der Waals surface area contributed by atoms with Gasteiger partial charge >= 0.3 is 12.1 Å². The highest BCUT2D eigenvalue weighted by atomic mass is 79.9. The number of alkyl carbamates (subject to hydrolysis) is 1. The molecule has 8 heteroatoms. The first-order chi connectivity index (χ1) is 14.5. The van der Waals surface area contributed by atoms with E-state index in [0.29, 0.717) is 10.3 Å². The lowest BCUT2D eigenvalue weighted by molar-refractivity contribution is -0.139. The van der Waals surface area contributed by atoms with E-state index < -0.39 is 18.1 Å². The van der Waals surface area contributed by atoms with Crippen molar-refractivity contribution < 1.29 is 19.4 Å². The number of fused-ring (bicyclic) bond motifs is 3. The third-order valence-electron chi connectivity index (χ3n) is 5.34. The Labute approximate surface area is 181 Å². The van der Waals surface area contributed by atoms with Gasteiger partial charge in [-0.3, -0.25) is 0 Å². The largest absolute Gasteiger partial charge is 0.480 e. The van der Waals surface area contributed by atoms with Gasteiger partial charge in [0.2, 0.25) is 0 Å². The number of carboxylic acids is 1. The number of rotatable bonds is 6. The minimum absolute atomic E-state index is 0.0800. The van der Waals surface area contributed by atoms with Gasteiger partial charge < -0.3 is 19.7 Å². The van der Waals surface area contributed by atoms with E-state index in [1.165, 1.54) is 0 Å². The van der Waals surface area contributed by atoms with Crippen LogP contribution in [0, 0.1) is 0 Å². The number of ether oxygens (including phenoxy) is 1. The lowest BCUT2D eigenvalue weighted by atomic mass is 9.98. The molecule has 1 atom stereocenters. The number of aryl methyl sites for hydroxylation is 1. The number of carbonyl (C=O) groups is 2. The zero-order valence-corrected chi connectivity index (χ0v) is 17.8.